The summed E-state index contributed by atoms with van der Waals surface area (Å²) >= 11 is 0. The summed E-state index contributed by atoms with van der Waals surface area (Å²) in [5, 5.41) is 0. The van der Waals surface area contributed by atoms with E-state index in [4.69, 9.17) is 0 Å². The molecule has 1 aliphatic rings. The third kappa shape index (κ3) is 2.09. The van der Waals surface area contributed by atoms with Gasteiger partial charge in [-0.1, -0.05) is 6.08 Å². The lowest BCUT2D eigenvalue weighted by Crippen LogP contribution is -2.15. The Hall–Kier alpha value is -0.800. The highest BCUT2D eigenvalue weighted by Crippen LogP contribution is 2.30. The molecule has 0 fully saturated rings. The molecule has 0 aliphatic heterocycles. The molecule has 0 bridgehead atoms. The van der Waals surface area contributed by atoms with E-state index in [1.807, 2.05) is 0 Å². The largest absolute Gasteiger partial charge is 0.416 e. The summed E-state index contributed by atoms with van der Waals surface area (Å²) in [6, 6.07) is 0. The fourth-order valence-electron chi connectivity index (χ4n) is 0.957. The quantitative estimate of drug-likeness (QED) is 0.543. The molecule has 4 heteroatoms. The van der Waals surface area contributed by atoms with Gasteiger partial charge in [0.15, 0.2) is 0 Å². The minimum atomic E-state index is -4.37. The second-order valence-corrected chi connectivity index (χ2v) is 2.59. The van der Waals surface area contributed by atoms with Crippen molar-refractivity contribution in [3.8, 4) is 0 Å². The van der Waals surface area contributed by atoms with Gasteiger partial charge in [-0.15, -0.1) is 0 Å². The van der Waals surface area contributed by atoms with Crippen LogP contribution in [0.3, 0.4) is 0 Å². The fourth-order valence-corrected chi connectivity index (χ4v) is 0.957. The zero-order chi connectivity index (χ0) is 9.19. The number of hydrogen-bond acceptors (Lipinski definition) is 0. The van der Waals surface area contributed by atoms with Crippen LogP contribution in [0.4, 0.5) is 17.6 Å². The predicted octanol–water partition coefficient (Wildman–Crippen LogP) is 2.82. The molecule has 1 atom stereocenters. The van der Waals surface area contributed by atoms with Crippen molar-refractivity contribution in [2.75, 3.05) is 6.67 Å². The highest BCUT2D eigenvalue weighted by molar-refractivity contribution is 5.26. The molecule has 0 spiro atoms. The van der Waals surface area contributed by atoms with Gasteiger partial charge in [-0.25, -0.2) is 0 Å². The van der Waals surface area contributed by atoms with E-state index in [9.17, 15) is 17.6 Å². The van der Waals surface area contributed by atoms with E-state index in [-0.39, 0.29) is 6.42 Å². The van der Waals surface area contributed by atoms with E-state index in [0.29, 0.717) is 0 Å². The summed E-state index contributed by atoms with van der Waals surface area (Å²) in [7, 11) is 0. The van der Waals surface area contributed by atoms with Crippen LogP contribution in [0.1, 0.15) is 6.42 Å². The number of hydrogen-bond donors (Lipinski definition) is 0. The van der Waals surface area contributed by atoms with Gasteiger partial charge in [0.2, 0.25) is 0 Å². The molecule has 0 saturated carbocycles. The molecule has 1 unspecified atom stereocenters. The van der Waals surface area contributed by atoms with Gasteiger partial charge in [0.25, 0.3) is 0 Å². The maximum absolute atomic E-state index is 12.0. The van der Waals surface area contributed by atoms with Crippen molar-refractivity contribution in [3.05, 3.63) is 23.8 Å². The predicted molar refractivity (Wildman–Crippen MR) is 36.0 cm³/mol. The Balaban J connectivity index is 2.77. The summed E-state index contributed by atoms with van der Waals surface area (Å²) in [4.78, 5) is 0. The molecule has 0 N–H and O–H groups in total. The maximum atomic E-state index is 12.0. The molecule has 0 amide bonds. The summed E-state index contributed by atoms with van der Waals surface area (Å²) in [6.45, 7) is -0.763. The summed E-state index contributed by atoms with van der Waals surface area (Å²) < 4.78 is 47.9. The molecule has 0 heterocycles. The third-order valence-electron chi connectivity index (χ3n) is 1.58. The first kappa shape index (κ1) is 9.29. The van der Waals surface area contributed by atoms with Crippen LogP contribution < -0.4 is 0 Å². The Labute approximate surface area is 67.6 Å². The van der Waals surface area contributed by atoms with E-state index in [0.717, 1.165) is 12.2 Å². The Kier molecular flexibility index (Phi) is 2.55. The smallest absolute Gasteiger partial charge is 0.250 e. The van der Waals surface area contributed by atoms with Gasteiger partial charge in [-0.2, -0.15) is 13.2 Å². The molecule has 1 radical (unpaired) electrons. The van der Waals surface area contributed by atoms with Crippen molar-refractivity contribution >= 4 is 0 Å². The van der Waals surface area contributed by atoms with Crippen LogP contribution in [0.25, 0.3) is 0 Å². The van der Waals surface area contributed by atoms with Gasteiger partial charge in [-0.3, -0.25) is 4.39 Å². The first-order chi connectivity index (χ1) is 5.54. The SMILES string of the molecule is FCC1C=C(C(F)(F)F)C=[C]C1. The molecular formula is C8H7F4. The van der Waals surface area contributed by atoms with Gasteiger partial charge in [0.05, 0.1) is 12.2 Å². The minimum absolute atomic E-state index is 0.232. The van der Waals surface area contributed by atoms with Gasteiger partial charge in [0, 0.05) is 5.92 Å². The Morgan fingerprint density at radius 2 is 2.17 bits per heavy atom. The minimum Gasteiger partial charge on any atom is -0.250 e. The van der Waals surface area contributed by atoms with Crippen LogP contribution in [0, 0.1) is 12.0 Å². The van der Waals surface area contributed by atoms with Gasteiger partial charge >= 0.3 is 6.18 Å². The highest BCUT2D eigenvalue weighted by atomic mass is 19.4. The van der Waals surface area contributed by atoms with E-state index in [2.05, 4.69) is 6.08 Å². The lowest BCUT2D eigenvalue weighted by molar-refractivity contribution is -0.0890. The van der Waals surface area contributed by atoms with Crippen molar-refractivity contribution < 1.29 is 17.6 Å². The van der Waals surface area contributed by atoms with E-state index in [1.165, 1.54) is 0 Å². The molecule has 0 saturated heterocycles. The maximum Gasteiger partial charge on any atom is 0.416 e. The second-order valence-electron chi connectivity index (χ2n) is 2.59. The summed E-state index contributed by atoms with van der Waals surface area (Å²) in [6.07, 6.45) is 0.0276. The molecule has 0 nitrogen and oxygen atoms in total. The summed E-state index contributed by atoms with van der Waals surface area (Å²) in [5.74, 6) is -0.661. The Morgan fingerprint density at radius 1 is 1.50 bits per heavy atom. The van der Waals surface area contributed by atoms with E-state index < -0.39 is 24.3 Å². The van der Waals surface area contributed by atoms with Crippen molar-refractivity contribution in [1.82, 2.24) is 0 Å². The zero-order valence-corrected chi connectivity index (χ0v) is 6.16. The van der Waals surface area contributed by atoms with Crippen molar-refractivity contribution in [1.29, 1.82) is 0 Å². The normalized spacial score (nSPS) is 24.0. The topological polar surface area (TPSA) is 0 Å². The standard InChI is InChI=1S/C8H7F4/c9-5-6-2-1-3-7(4-6)8(10,11)12/h3-4,6H,2,5H2. The first-order valence-electron chi connectivity index (χ1n) is 3.45. The molecule has 12 heavy (non-hydrogen) atoms. The number of allylic oxidation sites excluding steroid dienone is 4. The molecule has 0 aromatic rings. The third-order valence-corrected chi connectivity index (χ3v) is 1.58. The number of rotatable bonds is 1. The average Bonchev–Trinajstić information content (AvgIpc) is 2.03. The molecule has 67 valence electrons. The Morgan fingerprint density at radius 3 is 2.67 bits per heavy atom. The summed E-state index contributed by atoms with van der Waals surface area (Å²) in [5.41, 5.74) is -0.795. The van der Waals surface area contributed by atoms with E-state index in [1.54, 1.807) is 0 Å². The van der Waals surface area contributed by atoms with Crippen LogP contribution in [-0.2, 0) is 0 Å². The molecule has 1 rings (SSSR count). The van der Waals surface area contributed by atoms with Crippen LogP contribution in [0.15, 0.2) is 17.7 Å². The van der Waals surface area contributed by atoms with Gasteiger partial charge < -0.3 is 0 Å². The average molecular weight is 179 g/mol. The molecule has 0 aromatic carbocycles. The second kappa shape index (κ2) is 3.29. The van der Waals surface area contributed by atoms with Crippen LogP contribution in [0.2, 0.25) is 0 Å². The van der Waals surface area contributed by atoms with Gasteiger partial charge in [0.1, 0.15) is 0 Å². The van der Waals surface area contributed by atoms with Crippen molar-refractivity contribution in [3.63, 3.8) is 0 Å². The first-order valence-corrected chi connectivity index (χ1v) is 3.45. The lowest BCUT2D eigenvalue weighted by Gasteiger charge is -2.14. The fraction of sp³-hybridized carbons (Fsp3) is 0.500. The molecule has 1 aliphatic carbocycles. The number of halogens is 4. The highest BCUT2D eigenvalue weighted by Gasteiger charge is 2.33. The molecular weight excluding hydrogens is 172 g/mol. The molecule has 0 aromatic heterocycles. The monoisotopic (exact) mass is 179 g/mol. The zero-order valence-electron chi connectivity index (χ0n) is 6.16. The van der Waals surface area contributed by atoms with Crippen LogP contribution >= 0.6 is 0 Å². The Bertz CT molecular complexity index is 212. The van der Waals surface area contributed by atoms with Crippen LogP contribution in [0.5, 0.6) is 0 Å². The lowest BCUT2D eigenvalue weighted by atomic mass is 9.97. The van der Waals surface area contributed by atoms with E-state index >= 15 is 0 Å². The van der Waals surface area contributed by atoms with Gasteiger partial charge in [-0.05, 0) is 18.6 Å². The van der Waals surface area contributed by atoms with Crippen LogP contribution in [-0.4, -0.2) is 12.9 Å². The van der Waals surface area contributed by atoms with Crippen molar-refractivity contribution in [2.45, 2.75) is 12.6 Å². The van der Waals surface area contributed by atoms with Crippen molar-refractivity contribution in [2.24, 2.45) is 5.92 Å². The number of alkyl halides is 4.